The third-order valence-electron chi connectivity index (χ3n) is 3.14. The largest absolute Gasteiger partial charge is 0.266 e. The van der Waals surface area contributed by atoms with Gasteiger partial charge in [-0.3, -0.25) is 9.38 Å². The zero-order valence-corrected chi connectivity index (χ0v) is 11.7. The van der Waals surface area contributed by atoms with Crippen molar-refractivity contribution in [3.05, 3.63) is 71.8 Å². The first kappa shape index (κ1) is 14.9. The lowest BCUT2D eigenvalue weighted by Crippen LogP contribution is -2.10. The molecule has 0 radical (unpaired) electrons. The number of aliphatic imine (C=N–C) groups is 1. The minimum atomic E-state index is -0.517. The van der Waals surface area contributed by atoms with Crippen LogP contribution in [0, 0.1) is 11.3 Å². The van der Waals surface area contributed by atoms with Gasteiger partial charge in [0, 0.05) is 11.1 Å². The summed E-state index contributed by atoms with van der Waals surface area (Å²) in [5.74, 6) is 0. The van der Waals surface area contributed by atoms with Crippen LogP contribution in [0.15, 0.2) is 65.7 Å². The summed E-state index contributed by atoms with van der Waals surface area (Å²) in [6.45, 7) is -0.417. The van der Waals surface area contributed by atoms with Crippen LogP contribution in [0.3, 0.4) is 0 Å². The Bertz CT molecular complexity index is 573. The molecule has 2 aromatic carbocycles. The molecule has 3 heteroatoms. The maximum absolute atomic E-state index is 12.3. The van der Waals surface area contributed by atoms with Gasteiger partial charge in [0.25, 0.3) is 0 Å². The Balaban J connectivity index is 2.39. The number of hydrogen-bond acceptors (Lipinski definition) is 2. The van der Waals surface area contributed by atoms with E-state index in [2.05, 4.69) is 11.1 Å². The molecule has 0 bridgehead atoms. The van der Waals surface area contributed by atoms with Crippen molar-refractivity contribution in [2.45, 2.75) is 18.9 Å². The maximum atomic E-state index is 12.3. The average molecular weight is 280 g/mol. The molecular weight excluding hydrogens is 263 g/mol. The quantitative estimate of drug-likeness (QED) is 0.732. The molecule has 2 rings (SSSR count). The van der Waals surface area contributed by atoms with E-state index >= 15 is 0 Å². The van der Waals surface area contributed by atoms with Crippen molar-refractivity contribution in [3.8, 4) is 6.07 Å². The molecule has 2 aromatic rings. The van der Waals surface area contributed by atoms with E-state index < -0.39 is 12.7 Å². The van der Waals surface area contributed by atoms with E-state index in [9.17, 15) is 9.65 Å². The highest BCUT2D eigenvalue weighted by Gasteiger charge is 2.11. The SMILES string of the molecule is N#C[C@@H](CCCF)N=C(c1ccccc1)c1ccccc1. The summed E-state index contributed by atoms with van der Waals surface area (Å²) in [5.41, 5.74) is 2.70. The summed E-state index contributed by atoms with van der Waals surface area (Å²) >= 11 is 0. The predicted octanol–water partition coefficient (Wildman–Crippen LogP) is 4.17. The number of benzene rings is 2. The Morgan fingerprint density at radius 1 is 1.00 bits per heavy atom. The van der Waals surface area contributed by atoms with E-state index in [0.717, 1.165) is 16.8 Å². The summed E-state index contributed by atoms with van der Waals surface area (Å²) in [6.07, 6.45) is 0.800. The second-order valence-electron chi connectivity index (χ2n) is 4.69. The predicted molar refractivity (Wildman–Crippen MR) is 83.1 cm³/mol. The fourth-order valence-electron chi connectivity index (χ4n) is 2.09. The minimum Gasteiger partial charge on any atom is -0.266 e. The second-order valence-corrected chi connectivity index (χ2v) is 4.69. The van der Waals surface area contributed by atoms with Gasteiger partial charge in [-0.25, -0.2) is 0 Å². The van der Waals surface area contributed by atoms with Crippen LogP contribution in [-0.4, -0.2) is 18.4 Å². The van der Waals surface area contributed by atoms with Crippen molar-refractivity contribution >= 4 is 5.71 Å². The van der Waals surface area contributed by atoms with Gasteiger partial charge in [0.05, 0.1) is 18.5 Å². The van der Waals surface area contributed by atoms with Crippen LogP contribution < -0.4 is 0 Å². The number of rotatable bonds is 6. The first-order valence-electron chi connectivity index (χ1n) is 6.99. The maximum Gasteiger partial charge on any atom is 0.137 e. The highest BCUT2D eigenvalue weighted by atomic mass is 19.1. The molecule has 0 amide bonds. The van der Waals surface area contributed by atoms with E-state index in [1.165, 1.54) is 0 Å². The molecule has 0 aromatic heterocycles. The Hall–Kier alpha value is -2.47. The van der Waals surface area contributed by atoms with Crippen LogP contribution in [0.2, 0.25) is 0 Å². The zero-order chi connectivity index (χ0) is 14.9. The Kier molecular flexibility index (Phi) is 5.66. The fourth-order valence-corrected chi connectivity index (χ4v) is 2.09. The molecule has 0 spiro atoms. The van der Waals surface area contributed by atoms with Crippen LogP contribution >= 0.6 is 0 Å². The van der Waals surface area contributed by atoms with Gasteiger partial charge < -0.3 is 0 Å². The van der Waals surface area contributed by atoms with Crippen LogP contribution in [0.4, 0.5) is 4.39 Å². The molecule has 106 valence electrons. The van der Waals surface area contributed by atoms with Gasteiger partial charge in [-0.05, 0) is 12.8 Å². The lowest BCUT2D eigenvalue weighted by Gasteiger charge is -2.10. The van der Waals surface area contributed by atoms with Crippen LogP contribution in [0.5, 0.6) is 0 Å². The molecule has 0 saturated heterocycles. The molecule has 0 saturated carbocycles. The van der Waals surface area contributed by atoms with Crippen molar-refractivity contribution in [1.29, 1.82) is 5.26 Å². The van der Waals surface area contributed by atoms with Gasteiger partial charge in [-0.2, -0.15) is 5.26 Å². The molecule has 0 N–H and O–H groups in total. The summed E-state index contributed by atoms with van der Waals surface area (Å²) < 4.78 is 12.3. The standard InChI is InChI=1S/C18H17FN2/c19-13-7-12-17(14-20)21-18(15-8-3-1-4-9-15)16-10-5-2-6-11-16/h1-6,8-11,17H,7,12-13H2/t17-/m1/s1. The average Bonchev–Trinajstić information content (AvgIpc) is 2.57. The van der Waals surface area contributed by atoms with Crippen molar-refractivity contribution in [2.75, 3.05) is 6.67 Å². The smallest absolute Gasteiger partial charge is 0.137 e. The molecule has 21 heavy (non-hydrogen) atoms. The van der Waals surface area contributed by atoms with Gasteiger partial charge in [-0.1, -0.05) is 60.7 Å². The van der Waals surface area contributed by atoms with Crippen LogP contribution in [0.1, 0.15) is 24.0 Å². The molecule has 0 aliphatic heterocycles. The van der Waals surface area contributed by atoms with E-state index in [1.54, 1.807) is 0 Å². The van der Waals surface area contributed by atoms with Crippen LogP contribution in [0.25, 0.3) is 0 Å². The summed E-state index contributed by atoms with van der Waals surface area (Å²) in [7, 11) is 0. The van der Waals surface area contributed by atoms with Crippen molar-refractivity contribution in [1.82, 2.24) is 0 Å². The minimum absolute atomic E-state index is 0.360. The lowest BCUT2D eigenvalue weighted by molar-refractivity contribution is 0.455. The Morgan fingerprint density at radius 2 is 1.52 bits per heavy atom. The van der Waals surface area contributed by atoms with Gasteiger partial charge >= 0.3 is 0 Å². The summed E-state index contributed by atoms with van der Waals surface area (Å²) in [6, 6.07) is 21.2. The van der Waals surface area contributed by atoms with Gasteiger partial charge in [0.1, 0.15) is 6.04 Å². The first-order chi connectivity index (χ1) is 10.3. The first-order valence-corrected chi connectivity index (χ1v) is 6.99. The molecule has 0 fully saturated rings. The number of hydrogen-bond donors (Lipinski definition) is 0. The Morgan fingerprint density at radius 3 is 1.95 bits per heavy atom. The third kappa shape index (κ3) is 4.25. The molecule has 1 atom stereocenters. The van der Waals surface area contributed by atoms with Crippen molar-refractivity contribution in [3.63, 3.8) is 0 Å². The van der Waals surface area contributed by atoms with Crippen LogP contribution in [-0.2, 0) is 0 Å². The van der Waals surface area contributed by atoms with Gasteiger partial charge in [0.15, 0.2) is 0 Å². The van der Waals surface area contributed by atoms with Gasteiger partial charge in [0.2, 0.25) is 0 Å². The zero-order valence-electron chi connectivity index (χ0n) is 11.7. The molecule has 0 aliphatic rings. The molecule has 0 aliphatic carbocycles. The third-order valence-corrected chi connectivity index (χ3v) is 3.14. The molecule has 0 heterocycles. The number of nitrogens with zero attached hydrogens (tertiary/aromatic N) is 2. The number of nitriles is 1. The normalized spacial score (nSPS) is 11.4. The highest BCUT2D eigenvalue weighted by Crippen LogP contribution is 2.14. The highest BCUT2D eigenvalue weighted by molar-refractivity contribution is 6.13. The van der Waals surface area contributed by atoms with E-state index in [0.29, 0.717) is 12.8 Å². The van der Waals surface area contributed by atoms with E-state index in [1.807, 2.05) is 60.7 Å². The second kappa shape index (κ2) is 7.96. The molecule has 0 unspecified atom stereocenters. The Labute approximate surface area is 124 Å². The fraction of sp³-hybridized carbons (Fsp3) is 0.222. The van der Waals surface area contributed by atoms with Gasteiger partial charge in [-0.15, -0.1) is 0 Å². The number of halogens is 1. The topological polar surface area (TPSA) is 36.1 Å². The van der Waals surface area contributed by atoms with E-state index in [4.69, 9.17) is 0 Å². The lowest BCUT2D eigenvalue weighted by atomic mass is 10.0. The summed E-state index contributed by atoms with van der Waals surface area (Å²) in [5, 5.41) is 9.22. The number of alkyl halides is 1. The molecular formula is C18H17FN2. The molecule has 2 nitrogen and oxygen atoms in total. The van der Waals surface area contributed by atoms with E-state index in [-0.39, 0.29) is 0 Å². The van der Waals surface area contributed by atoms with Crippen molar-refractivity contribution in [2.24, 2.45) is 4.99 Å². The summed E-state index contributed by atoms with van der Waals surface area (Å²) in [4.78, 5) is 4.56. The van der Waals surface area contributed by atoms with Crippen molar-refractivity contribution < 1.29 is 4.39 Å². The monoisotopic (exact) mass is 280 g/mol.